The maximum atomic E-state index is 5.30. The van der Waals surface area contributed by atoms with Crippen LogP contribution in [0.4, 0.5) is 5.69 Å². The second-order valence-corrected chi connectivity index (χ2v) is 1.56. The van der Waals surface area contributed by atoms with Gasteiger partial charge in [-0.3, -0.25) is 0 Å². The number of aromatic nitrogens is 2. The molecule has 0 amide bonds. The third-order valence-corrected chi connectivity index (χ3v) is 0.801. The first-order valence-electron chi connectivity index (χ1n) is 3.33. The zero-order chi connectivity index (χ0) is 7.98. The van der Waals surface area contributed by atoms with Gasteiger partial charge in [-0.25, -0.2) is 9.97 Å². The summed E-state index contributed by atoms with van der Waals surface area (Å²) >= 11 is 0. The minimum absolute atomic E-state index is 0.607. The quantitative estimate of drug-likeness (QED) is 0.591. The molecule has 56 valence electrons. The van der Waals surface area contributed by atoms with Gasteiger partial charge in [0.2, 0.25) is 0 Å². The fraction of sp³-hybridized carbons (Fsp3) is 0.429. The van der Waals surface area contributed by atoms with Gasteiger partial charge in [0, 0.05) is 0 Å². The van der Waals surface area contributed by atoms with Crippen molar-refractivity contribution < 1.29 is 0 Å². The topological polar surface area (TPSA) is 51.8 Å². The molecule has 1 rings (SSSR count). The van der Waals surface area contributed by atoms with Crippen LogP contribution in [0, 0.1) is 6.92 Å². The van der Waals surface area contributed by atoms with Gasteiger partial charge in [-0.2, -0.15) is 0 Å². The lowest BCUT2D eigenvalue weighted by Crippen LogP contribution is -1.90. The molecule has 0 saturated carbocycles. The van der Waals surface area contributed by atoms with E-state index in [2.05, 4.69) is 9.97 Å². The van der Waals surface area contributed by atoms with E-state index in [0.29, 0.717) is 5.69 Å². The second kappa shape index (κ2) is 4.73. The highest BCUT2D eigenvalue weighted by Gasteiger charge is 1.82. The van der Waals surface area contributed by atoms with E-state index in [4.69, 9.17) is 5.73 Å². The van der Waals surface area contributed by atoms with E-state index in [-0.39, 0.29) is 0 Å². The highest BCUT2D eigenvalue weighted by molar-refractivity contribution is 5.29. The standard InChI is InChI=1S/C5H7N3.C2H6/c1-4-7-2-5(6)3-8-4;1-2/h2-3H,6H2,1H3;1-2H3. The molecule has 1 aromatic heterocycles. The first kappa shape index (κ1) is 8.88. The van der Waals surface area contributed by atoms with Gasteiger partial charge in [-0.15, -0.1) is 0 Å². The lowest BCUT2D eigenvalue weighted by molar-refractivity contribution is 1.06. The lowest BCUT2D eigenvalue weighted by Gasteiger charge is -1.88. The van der Waals surface area contributed by atoms with Crippen LogP contribution in [0.5, 0.6) is 0 Å². The highest BCUT2D eigenvalue weighted by Crippen LogP contribution is 1.92. The third kappa shape index (κ3) is 3.02. The second-order valence-electron chi connectivity index (χ2n) is 1.56. The van der Waals surface area contributed by atoms with E-state index in [9.17, 15) is 0 Å². The van der Waals surface area contributed by atoms with Crippen LogP contribution >= 0.6 is 0 Å². The van der Waals surface area contributed by atoms with E-state index in [1.165, 1.54) is 0 Å². The molecule has 0 radical (unpaired) electrons. The number of nitrogen functional groups attached to an aromatic ring is 1. The Hall–Kier alpha value is -1.12. The summed E-state index contributed by atoms with van der Waals surface area (Å²) in [7, 11) is 0. The van der Waals surface area contributed by atoms with Gasteiger partial charge >= 0.3 is 0 Å². The molecular formula is C7H13N3. The molecule has 0 saturated heterocycles. The predicted octanol–water partition coefficient (Wildman–Crippen LogP) is 1.39. The van der Waals surface area contributed by atoms with Crippen molar-refractivity contribution >= 4 is 5.69 Å². The Morgan fingerprint density at radius 3 is 1.90 bits per heavy atom. The Kier molecular flexibility index (Phi) is 4.20. The van der Waals surface area contributed by atoms with E-state index in [1.807, 2.05) is 20.8 Å². The predicted molar refractivity (Wildman–Crippen MR) is 42.5 cm³/mol. The van der Waals surface area contributed by atoms with Crippen molar-refractivity contribution in [2.75, 3.05) is 5.73 Å². The molecule has 1 aromatic rings. The maximum absolute atomic E-state index is 5.30. The van der Waals surface area contributed by atoms with Crippen molar-refractivity contribution in [3.8, 4) is 0 Å². The number of hydrogen-bond donors (Lipinski definition) is 1. The summed E-state index contributed by atoms with van der Waals surface area (Å²) in [5.41, 5.74) is 5.91. The molecule has 0 aromatic carbocycles. The monoisotopic (exact) mass is 139 g/mol. The molecule has 0 aliphatic carbocycles. The van der Waals surface area contributed by atoms with Gasteiger partial charge in [0.25, 0.3) is 0 Å². The third-order valence-electron chi connectivity index (χ3n) is 0.801. The van der Waals surface area contributed by atoms with Crippen LogP contribution in [0.2, 0.25) is 0 Å². The molecule has 2 N–H and O–H groups in total. The normalized spacial score (nSPS) is 7.90. The zero-order valence-corrected chi connectivity index (χ0v) is 6.63. The molecule has 0 spiro atoms. The van der Waals surface area contributed by atoms with Gasteiger partial charge in [-0.05, 0) is 6.92 Å². The summed E-state index contributed by atoms with van der Waals surface area (Å²) in [5, 5.41) is 0. The number of rotatable bonds is 0. The molecule has 0 unspecified atom stereocenters. The Morgan fingerprint density at radius 2 is 1.60 bits per heavy atom. The fourth-order valence-corrected chi connectivity index (χ4v) is 0.403. The smallest absolute Gasteiger partial charge is 0.125 e. The molecule has 0 bridgehead atoms. The Bertz CT molecular complexity index is 148. The molecule has 1 heterocycles. The molecule has 0 atom stereocenters. The maximum Gasteiger partial charge on any atom is 0.125 e. The zero-order valence-electron chi connectivity index (χ0n) is 6.63. The first-order chi connectivity index (χ1) is 4.79. The number of nitrogens with zero attached hydrogens (tertiary/aromatic N) is 2. The summed E-state index contributed by atoms with van der Waals surface area (Å²) in [6.45, 7) is 5.82. The number of anilines is 1. The molecule has 3 nitrogen and oxygen atoms in total. The van der Waals surface area contributed by atoms with Crippen molar-refractivity contribution in [2.24, 2.45) is 0 Å². The van der Waals surface area contributed by atoms with Crippen molar-refractivity contribution in [2.45, 2.75) is 20.8 Å². The minimum atomic E-state index is 0.607. The van der Waals surface area contributed by atoms with E-state index in [1.54, 1.807) is 12.4 Å². The molecule has 3 heteroatoms. The van der Waals surface area contributed by atoms with Crippen LogP contribution < -0.4 is 5.73 Å². The van der Waals surface area contributed by atoms with Crippen LogP contribution in [0.15, 0.2) is 12.4 Å². The van der Waals surface area contributed by atoms with E-state index in [0.717, 1.165) is 5.82 Å². The highest BCUT2D eigenvalue weighted by atomic mass is 14.9. The number of nitrogens with two attached hydrogens (primary N) is 1. The minimum Gasteiger partial charge on any atom is -0.396 e. The summed E-state index contributed by atoms with van der Waals surface area (Å²) < 4.78 is 0. The molecule has 0 aliphatic rings. The van der Waals surface area contributed by atoms with Crippen LogP contribution in [-0.2, 0) is 0 Å². The molecule has 0 fully saturated rings. The number of hydrogen-bond acceptors (Lipinski definition) is 3. The SMILES string of the molecule is CC.Cc1ncc(N)cn1. The fourth-order valence-electron chi connectivity index (χ4n) is 0.403. The Labute approximate surface area is 61.3 Å². The Balaban J connectivity index is 0.000000371. The largest absolute Gasteiger partial charge is 0.396 e. The number of aryl methyl sites for hydroxylation is 1. The van der Waals surface area contributed by atoms with Crippen molar-refractivity contribution in [1.29, 1.82) is 0 Å². The average Bonchev–Trinajstić information content (AvgIpc) is 2.00. The van der Waals surface area contributed by atoms with Crippen LogP contribution in [-0.4, -0.2) is 9.97 Å². The molecule has 10 heavy (non-hydrogen) atoms. The lowest BCUT2D eigenvalue weighted by atomic mass is 10.5. The Morgan fingerprint density at radius 1 is 1.20 bits per heavy atom. The van der Waals surface area contributed by atoms with Crippen LogP contribution in [0.1, 0.15) is 19.7 Å². The van der Waals surface area contributed by atoms with Gasteiger partial charge in [0.1, 0.15) is 5.82 Å². The van der Waals surface area contributed by atoms with Crippen LogP contribution in [0.3, 0.4) is 0 Å². The van der Waals surface area contributed by atoms with Gasteiger partial charge < -0.3 is 5.73 Å². The van der Waals surface area contributed by atoms with E-state index < -0.39 is 0 Å². The molecular weight excluding hydrogens is 126 g/mol. The van der Waals surface area contributed by atoms with Crippen LogP contribution in [0.25, 0.3) is 0 Å². The van der Waals surface area contributed by atoms with Crippen molar-refractivity contribution in [3.63, 3.8) is 0 Å². The van der Waals surface area contributed by atoms with Crippen molar-refractivity contribution in [3.05, 3.63) is 18.2 Å². The summed E-state index contributed by atoms with van der Waals surface area (Å²) in [4.78, 5) is 7.69. The summed E-state index contributed by atoms with van der Waals surface area (Å²) in [6, 6.07) is 0. The first-order valence-corrected chi connectivity index (χ1v) is 3.33. The van der Waals surface area contributed by atoms with Gasteiger partial charge in [0.05, 0.1) is 18.1 Å². The van der Waals surface area contributed by atoms with Gasteiger partial charge in [-0.1, -0.05) is 13.8 Å². The van der Waals surface area contributed by atoms with Gasteiger partial charge in [0.15, 0.2) is 0 Å². The van der Waals surface area contributed by atoms with Crippen molar-refractivity contribution in [1.82, 2.24) is 9.97 Å². The molecule has 0 aliphatic heterocycles. The average molecular weight is 139 g/mol. The van der Waals surface area contributed by atoms with E-state index >= 15 is 0 Å². The summed E-state index contributed by atoms with van der Waals surface area (Å²) in [5.74, 6) is 0.749. The summed E-state index contributed by atoms with van der Waals surface area (Å²) in [6.07, 6.45) is 3.17.